The summed E-state index contributed by atoms with van der Waals surface area (Å²) >= 11 is 3.30. The molecule has 0 unspecified atom stereocenters. The molecule has 98 valence electrons. The van der Waals surface area contributed by atoms with Crippen molar-refractivity contribution in [2.24, 2.45) is 0 Å². The van der Waals surface area contributed by atoms with Crippen molar-refractivity contribution in [1.29, 1.82) is 0 Å². The molecule has 0 aromatic heterocycles. The highest BCUT2D eigenvalue weighted by molar-refractivity contribution is 9.10. The lowest BCUT2D eigenvalue weighted by Gasteiger charge is -2.08. The van der Waals surface area contributed by atoms with E-state index in [1.165, 1.54) is 0 Å². The third-order valence-electron chi connectivity index (χ3n) is 2.20. The Morgan fingerprint density at radius 1 is 1.44 bits per heavy atom. The van der Waals surface area contributed by atoms with Crippen LogP contribution in [0.3, 0.4) is 0 Å². The molecule has 1 aromatic rings. The molecule has 0 saturated carbocycles. The van der Waals surface area contributed by atoms with Gasteiger partial charge in [0.15, 0.2) is 0 Å². The van der Waals surface area contributed by atoms with Gasteiger partial charge in [-0.2, -0.15) is 0 Å². The summed E-state index contributed by atoms with van der Waals surface area (Å²) in [5.41, 5.74) is 1.46. The summed E-state index contributed by atoms with van der Waals surface area (Å²) < 4.78 is 5.65. The Morgan fingerprint density at radius 3 is 2.83 bits per heavy atom. The van der Waals surface area contributed by atoms with Crippen LogP contribution in [-0.4, -0.2) is 36.7 Å². The van der Waals surface area contributed by atoms with Crippen LogP contribution in [0.15, 0.2) is 22.7 Å². The van der Waals surface area contributed by atoms with Crippen molar-refractivity contribution < 1.29 is 19.4 Å². The van der Waals surface area contributed by atoms with E-state index in [0.29, 0.717) is 5.56 Å². The molecule has 0 radical (unpaired) electrons. The molecule has 0 bridgehead atoms. The first-order valence-electron chi connectivity index (χ1n) is 5.34. The monoisotopic (exact) mass is 315 g/mol. The van der Waals surface area contributed by atoms with Gasteiger partial charge >= 0.3 is 5.97 Å². The second-order valence-electron chi connectivity index (χ2n) is 3.66. The van der Waals surface area contributed by atoms with Crippen molar-refractivity contribution in [3.05, 3.63) is 33.8 Å². The number of carboxylic acids is 1. The molecule has 6 heteroatoms. The van der Waals surface area contributed by atoms with E-state index in [9.17, 15) is 9.59 Å². The van der Waals surface area contributed by atoms with E-state index in [0.717, 1.165) is 10.0 Å². The topological polar surface area (TPSA) is 75.6 Å². The summed E-state index contributed by atoms with van der Waals surface area (Å²) in [6, 6.07) is 5.45. The average molecular weight is 316 g/mol. The largest absolute Gasteiger partial charge is 0.480 e. The fourth-order valence-corrected chi connectivity index (χ4v) is 1.69. The predicted molar refractivity (Wildman–Crippen MR) is 69.7 cm³/mol. The van der Waals surface area contributed by atoms with E-state index in [2.05, 4.69) is 21.2 Å². The Balaban J connectivity index is 2.41. The highest BCUT2D eigenvalue weighted by Crippen LogP contribution is 2.15. The van der Waals surface area contributed by atoms with Gasteiger partial charge in [0.25, 0.3) is 5.91 Å². The fourth-order valence-electron chi connectivity index (χ4n) is 1.33. The summed E-state index contributed by atoms with van der Waals surface area (Å²) in [5.74, 6) is -1.23. The number of aliphatic carboxylic acids is 1. The van der Waals surface area contributed by atoms with Crippen molar-refractivity contribution in [3.63, 3.8) is 0 Å². The van der Waals surface area contributed by atoms with Crippen LogP contribution >= 0.6 is 15.9 Å². The lowest BCUT2D eigenvalue weighted by atomic mass is 10.1. The molecule has 0 saturated heterocycles. The molecule has 5 nitrogen and oxygen atoms in total. The molecule has 0 fully saturated rings. The minimum absolute atomic E-state index is 0.172. The maximum atomic E-state index is 11.8. The maximum absolute atomic E-state index is 11.8. The summed E-state index contributed by atoms with van der Waals surface area (Å²) in [6.07, 6.45) is 0. The zero-order chi connectivity index (χ0) is 13.5. The van der Waals surface area contributed by atoms with Gasteiger partial charge in [0.1, 0.15) is 6.61 Å². The zero-order valence-electron chi connectivity index (χ0n) is 9.90. The number of hydrogen-bond donors (Lipinski definition) is 2. The van der Waals surface area contributed by atoms with Crippen molar-refractivity contribution in [3.8, 4) is 0 Å². The molecule has 0 aliphatic heterocycles. The van der Waals surface area contributed by atoms with Gasteiger partial charge in [-0.15, -0.1) is 0 Å². The molecule has 0 aliphatic rings. The summed E-state index contributed by atoms with van der Waals surface area (Å²) in [6.45, 7) is 1.94. The molecular weight excluding hydrogens is 302 g/mol. The molecular formula is C12H14BrNO4. The molecule has 1 aromatic carbocycles. The smallest absolute Gasteiger partial charge is 0.329 e. The minimum Gasteiger partial charge on any atom is -0.480 e. The molecule has 1 amide bonds. The Kier molecular flexibility index (Phi) is 5.80. The number of hydrogen-bond acceptors (Lipinski definition) is 3. The summed E-state index contributed by atoms with van der Waals surface area (Å²) in [5, 5.41) is 11.0. The number of nitrogens with one attached hydrogen (secondary N) is 1. The van der Waals surface area contributed by atoms with E-state index in [1.54, 1.807) is 6.07 Å². The van der Waals surface area contributed by atoms with E-state index in [1.807, 2.05) is 19.1 Å². The number of benzene rings is 1. The molecule has 0 spiro atoms. The Hall–Kier alpha value is -1.40. The number of halogens is 1. The van der Waals surface area contributed by atoms with Gasteiger partial charge in [0.05, 0.1) is 6.61 Å². The summed E-state index contributed by atoms with van der Waals surface area (Å²) in [7, 11) is 0. The van der Waals surface area contributed by atoms with Gasteiger partial charge < -0.3 is 15.2 Å². The van der Waals surface area contributed by atoms with E-state index in [4.69, 9.17) is 9.84 Å². The second-order valence-corrected chi connectivity index (χ2v) is 4.58. The normalized spacial score (nSPS) is 10.1. The first kappa shape index (κ1) is 14.7. The van der Waals surface area contributed by atoms with Gasteiger partial charge in [0, 0.05) is 16.6 Å². The van der Waals surface area contributed by atoms with E-state index >= 15 is 0 Å². The lowest BCUT2D eigenvalue weighted by Crippen LogP contribution is -2.28. The molecule has 0 atom stereocenters. The second kappa shape index (κ2) is 7.13. The van der Waals surface area contributed by atoms with Gasteiger partial charge in [0.2, 0.25) is 0 Å². The Labute approximate surface area is 113 Å². The standard InChI is InChI=1S/C12H14BrNO4/c1-8-2-3-9(13)6-10(8)12(17)14-4-5-18-7-11(15)16/h2-3,6H,4-5,7H2,1H3,(H,14,17)(H,15,16). The third kappa shape index (κ3) is 4.85. The highest BCUT2D eigenvalue weighted by Gasteiger charge is 2.08. The molecule has 1 rings (SSSR count). The first-order valence-corrected chi connectivity index (χ1v) is 6.14. The van der Waals surface area contributed by atoms with Crippen molar-refractivity contribution in [2.75, 3.05) is 19.8 Å². The third-order valence-corrected chi connectivity index (χ3v) is 2.69. The Morgan fingerprint density at radius 2 is 2.17 bits per heavy atom. The SMILES string of the molecule is Cc1ccc(Br)cc1C(=O)NCCOCC(=O)O. The van der Waals surface area contributed by atoms with Crippen LogP contribution in [0.25, 0.3) is 0 Å². The van der Waals surface area contributed by atoms with E-state index < -0.39 is 5.97 Å². The molecule has 0 heterocycles. The minimum atomic E-state index is -1.02. The van der Waals surface area contributed by atoms with Gasteiger partial charge in [-0.25, -0.2) is 4.79 Å². The van der Waals surface area contributed by atoms with Gasteiger partial charge in [-0.05, 0) is 24.6 Å². The fraction of sp³-hybridized carbons (Fsp3) is 0.333. The molecule has 2 N–H and O–H groups in total. The maximum Gasteiger partial charge on any atom is 0.329 e. The average Bonchev–Trinajstić information content (AvgIpc) is 2.31. The van der Waals surface area contributed by atoms with Crippen LogP contribution in [0.1, 0.15) is 15.9 Å². The number of rotatable bonds is 6. The van der Waals surface area contributed by atoms with Crippen molar-refractivity contribution >= 4 is 27.8 Å². The number of aryl methyl sites for hydroxylation is 1. The highest BCUT2D eigenvalue weighted by atomic mass is 79.9. The van der Waals surface area contributed by atoms with Crippen LogP contribution in [-0.2, 0) is 9.53 Å². The summed E-state index contributed by atoms with van der Waals surface area (Å²) in [4.78, 5) is 22.0. The number of carbonyl (C=O) groups excluding carboxylic acids is 1. The van der Waals surface area contributed by atoms with Gasteiger partial charge in [-0.1, -0.05) is 22.0 Å². The van der Waals surface area contributed by atoms with Gasteiger partial charge in [-0.3, -0.25) is 4.79 Å². The van der Waals surface area contributed by atoms with E-state index in [-0.39, 0.29) is 25.7 Å². The zero-order valence-corrected chi connectivity index (χ0v) is 11.5. The number of carboxylic acid groups (broad SMARTS) is 1. The first-order chi connectivity index (χ1) is 8.50. The van der Waals surface area contributed by atoms with Crippen LogP contribution in [0.4, 0.5) is 0 Å². The number of carbonyl (C=O) groups is 2. The Bertz CT molecular complexity index is 448. The number of amides is 1. The predicted octanol–water partition coefficient (Wildman–Crippen LogP) is 1.59. The molecule has 0 aliphatic carbocycles. The van der Waals surface area contributed by atoms with Crippen molar-refractivity contribution in [2.45, 2.75) is 6.92 Å². The quantitative estimate of drug-likeness (QED) is 0.782. The van der Waals surface area contributed by atoms with Crippen LogP contribution in [0.2, 0.25) is 0 Å². The molecule has 18 heavy (non-hydrogen) atoms. The van der Waals surface area contributed by atoms with Crippen LogP contribution in [0.5, 0.6) is 0 Å². The van der Waals surface area contributed by atoms with Crippen molar-refractivity contribution in [1.82, 2.24) is 5.32 Å². The number of ether oxygens (including phenoxy) is 1. The lowest BCUT2D eigenvalue weighted by molar-refractivity contribution is -0.142. The van der Waals surface area contributed by atoms with Crippen LogP contribution < -0.4 is 5.32 Å². The van der Waals surface area contributed by atoms with Crippen LogP contribution in [0, 0.1) is 6.92 Å².